The minimum absolute atomic E-state index is 0.0946. The van der Waals surface area contributed by atoms with E-state index < -0.39 is 0 Å². The molecule has 3 aromatic carbocycles. The molecular formula is C24H25IN2O3. The minimum atomic E-state index is -0.222. The van der Waals surface area contributed by atoms with Crippen molar-refractivity contribution in [2.24, 2.45) is 0 Å². The number of carbonyl (C=O) groups is 1. The molecule has 0 heterocycles. The lowest BCUT2D eigenvalue weighted by Gasteiger charge is -2.15. The van der Waals surface area contributed by atoms with Crippen molar-refractivity contribution in [2.45, 2.75) is 19.9 Å². The zero-order valence-corrected chi connectivity index (χ0v) is 19.2. The Kier molecular flexibility index (Phi) is 7.96. The summed E-state index contributed by atoms with van der Waals surface area (Å²) in [6.07, 6.45) is 1.03. The van der Waals surface area contributed by atoms with Gasteiger partial charge in [-0.05, 0) is 76.5 Å². The summed E-state index contributed by atoms with van der Waals surface area (Å²) in [5.74, 6) is 0.949. The van der Waals surface area contributed by atoms with Crippen molar-refractivity contribution in [2.75, 3.05) is 24.4 Å². The maximum absolute atomic E-state index is 12.2. The van der Waals surface area contributed by atoms with Crippen molar-refractivity contribution in [1.29, 1.82) is 0 Å². The van der Waals surface area contributed by atoms with Crippen LogP contribution >= 0.6 is 22.6 Å². The highest BCUT2D eigenvalue weighted by molar-refractivity contribution is 14.1. The molecule has 5 nitrogen and oxygen atoms in total. The summed E-state index contributed by atoms with van der Waals surface area (Å²) < 4.78 is 12.2. The summed E-state index contributed by atoms with van der Waals surface area (Å²) in [4.78, 5) is 12.2. The van der Waals surface area contributed by atoms with Crippen LogP contribution in [0.25, 0.3) is 0 Å². The van der Waals surface area contributed by atoms with Gasteiger partial charge in [-0.3, -0.25) is 4.79 Å². The molecule has 3 aromatic rings. The van der Waals surface area contributed by atoms with E-state index in [1.807, 2.05) is 42.5 Å². The monoisotopic (exact) mass is 516 g/mol. The standard InChI is InChI=1S/C24H25IN2O3/c1-3-17-9-11-19(12-10-17)26-15-18-13-21(25)24(22(14-18)29-2)30-16-23(28)27-20-7-5-4-6-8-20/h4-14,26H,3,15-16H2,1-2H3,(H,27,28). The lowest BCUT2D eigenvalue weighted by Crippen LogP contribution is -2.20. The molecule has 0 spiro atoms. The first kappa shape index (κ1) is 22.0. The Morgan fingerprint density at radius 3 is 2.37 bits per heavy atom. The van der Waals surface area contributed by atoms with E-state index in [4.69, 9.17) is 9.47 Å². The molecule has 0 aliphatic carbocycles. The summed E-state index contributed by atoms with van der Waals surface area (Å²) in [7, 11) is 1.60. The molecule has 2 N–H and O–H groups in total. The van der Waals surface area contributed by atoms with Crippen LogP contribution in [0.1, 0.15) is 18.1 Å². The third-order valence-corrected chi connectivity index (χ3v) is 5.35. The Hall–Kier alpha value is -2.74. The SMILES string of the molecule is CCc1ccc(NCc2cc(I)c(OCC(=O)Nc3ccccc3)c(OC)c2)cc1. The van der Waals surface area contributed by atoms with E-state index in [0.29, 0.717) is 18.0 Å². The van der Waals surface area contributed by atoms with Crippen LogP contribution < -0.4 is 20.1 Å². The molecule has 0 aliphatic rings. The molecule has 6 heteroatoms. The molecule has 0 saturated carbocycles. The van der Waals surface area contributed by atoms with Crippen LogP contribution in [0.5, 0.6) is 11.5 Å². The number of carbonyl (C=O) groups excluding carboxylic acids is 1. The van der Waals surface area contributed by atoms with Crippen molar-refractivity contribution in [3.05, 3.63) is 81.4 Å². The normalized spacial score (nSPS) is 10.4. The molecule has 30 heavy (non-hydrogen) atoms. The van der Waals surface area contributed by atoms with E-state index >= 15 is 0 Å². The van der Waals surface area contributed by atoms with Crippen molar-refractivity contribution in [3.8, 4) is 11.5 Å². The zero-order valence-electron chi connectivity index (χ0n) is 17.1. The third-order valence-electron chi connectivity index (χ3n) is 4.55. The summed E-state index contributed by atoms with van der Waals surface area (Å²) in [6, 6.07) is 21.7. The van der Waals surface area contributed by atoms with E-state index in [1.165, 1.54) is 5.56 Å². The fourth-order valence-corrected chi connectivity index (χ4v) is 3.76. The first-order valence-electron chi connectivity index (χ1n) is 9.76. The van der Waals surface area contributed by atoms with Crippen LogP contribution in [0.2, 0.25) is 0 Å². The number of ether oxygens (including phenoxy) is 2. The summed E-state index contributed by atoms with van der Waals surface area (Å²) in [5.41, 5.74) is 4.19. The number of rotatable bonds is 9. The quantitative estimate of drug-likeness (QED) is 0.370. The first-order valence-corrected chi connectivity index (χ1v) is 10.8. The molecule has 0 aliphatic heterocycles. The highest BCUT2D eigenvalue weighted by Gasteiger charge is 2.14. The lowest BCUT2D eigenvalue weighted by molar-refractivity contribution is -0.118. The molecule has 0 atom stereocenters. The summed E-state index contributed by atoms with van der Waals surface area (Å²) in [6.45, 7) is 2.71. The van der Waals surface area contributed by atoms with Gasteiger partial charge in [-0.1, -0.05) is 37.3 Å². The lowest BCUT2D eigenvalue weighted by atomic mass is 10.1. The van der Waals surface area contributed by atoms with Crippen LogP contribution in [0.3, 0.4) is 0 Å². The second-order valence-electron chi connectivity index (χ2n) is 6.72. The van der Waals surface area contributed by atoms with E-state index in [0.717, 1.165) is 26.9 Å². The van der Waals surface area contributed by atoms with Gasteiger partial charge < -0.3 is 20.1 Å². The van der Waals surface area contributed by atoms with Gasteiger partial charge in [0.2, 0.25) is 0 Å². The molecule has 156 valence electrons. The highest BCUT2D eigenvalue weighted by Crippen LogP contribution is 2.34. The number of hydrogen-bond acceptors (Lipinski definition) is 4. The number of nitrogens with one attached hydrogen (secondary N) is 2. The van der Waals surface area contributed by atoms with Gasteiger partial charge in [0.05, 0.1) is 10.7 Å². The van der Waals surface area contributed by atoms with Crippen molar-refractivity contribution >= 4 is 39.9 Å². The van der Waals surface area contributed by atoms with Gasteiger partial charge in [-0.2, -0.15) is 0 Å². The van der Waals surface area contributed by atoms with Gasteiger partial charge in [0.15, 0.2) is 18.1 Å². The molecule has 3 rings (SSSR count). The van der Waals surface area contributed by atoms with E-state index in [-0.39, 0.29) is 12.5 Å². The number of methoxy groups -OCH3 is 1. The van der Waals surface area contributed by atoms with E-state index in [1.54, 1.807) is 7.11 Å². The van der Waals surface area contributed by atoms with Gasteiger partial charge in [0.1, 0.15) is 0 Å². The summed E-state index contributed by atoms with van der Waals surface area (Å²) in [5, 5.41) is 6.23. The van der Waals surface area contributed by atoms with Gasteiger partial charge >= 0.3 is 0 Å². The van der Waals surface area contributed by atoms with E-state index in [2.05, 4.69) is 64.4 Å². The molecule has 0 bridgehead atoms. The predicted molar refractivity (Wildman–Crippen MR) is 129 cm³/mol. The van der Waals surface area contributed by atoms with Crippen LogP contribution in [-0.4, -0.2) is 19.6 Å². The number of amides is 1. The zero-order chi connectivity index (χ0) is 21.3. The summed E-state index contributed by atoms with van der Waals surface area (Å²) >= 11 is 2.20. The number of halogens is 1. The number of para-hydroxylation sites is 1. The number of anilines is 2. The van der Waals surface area contributed by atoms with Crippen molar-refractivity contribution < 1.29 is 14.3 Å². The van der Waals surface area contributed by atoms with E-state index in [9.17, 15) is 4.79 Å². The average molecular weight is 516 g/mol. The maximum atomic E-state index is 12.2. The third kappa shape index (κ3) is 6.13. The first-order chi connectivity index (χ1) is 14.6. The Labute approximate surface area is 190 Å². The van der Waals surface area contributed by atoms with Gasteiger partial charge in [-0.25, -0.2) is 0 Å². The van der Waals surface area contributed by atoms with Gasteiger partial charge in [0, 0.05) is 17.9 Å². The smallest absolute Gasteiger partial charge is 0.262 e. The van der Waals surface area contributed by atoms with Crippen molar-refractivity contribution in [1.82, 2.24) is 0 Å². The molecule has 1 amide bonds. The average Bonchev–Trinajstić information content (AvgIpc) is 2.77. The molecule has 0 saturated heterocycles. The Morgan fingerprint density at radius 2 is 1.70 bits per heavy atom. The van der Waals surface area contributed by atoms with Crippen molar-refractivity contribution in [3.63, 3.8) is 0 Å². The second-order valence-corrected chi connectivity index (χ2v) is 7.88. The molecule has 0 fully saturated rings. The molecule has 0 unspecified atom stereocenters. The Morgan fingerprint density at radius 1 is 0.967 bits per heavy atom. The molecule has 0 radical (unpaired) electrons. The fraction of sp³-hybridized carbons (Fsp3) is 0.208. The molecule has 0 aromatic heterocycles. The Balaban J connectivity index is 1.62. The number of aryl methyl sites for hydroxylation is 1. The van der Waals surface area contributed by atoms with Crippen LogP contribution in [0.15, 0.2) is 66.7 Å². The predicted octanol–water partition coefficient (Wildman–Crippen LogP) is 5.49. The number of benzene rings is 3. The van der Waals surface area contributed by atoms with Gasteiger partial charge in [-0.15, -0.1) is 0 Å². The van der Waals surface area contributed by atoms with Crippen LogP contribution in [0.4, 0.5) is 11.4 Å². The van der Waals surface area contributed by atoms with Crippen LogP contribution in [-0.2, 0) is 17.8 Å². The van der Waals surface area contributed by atoms with Crippen LogP contribution in [0, 0.1) is 3.57 Å². The second kappa shape index (κ2) is 10.9. The topological polar surface area (TPSA) is 59.6 Å². The number of hydrogen-bond donors (Lipinski definition) is 2. The highest BCUT2D eigenvalue weighted by atomic mass is 127. The molecular weight excluding hydrogens is 491 g/mol. The Bertz CT molecular complexity index is 976. The maximum Gasteiger partial charge on any atom is 0.262 e. The largest absolute Gasteiger partial charge is 0.493 e. The van der Waals surface area contributed by atoms with Gasteiger partial charge in [0.25, 0.3) is 5.91 Å². The minimum Gasteiger partial charge on any atom is -0.493 e. The fourth-order valence-electron chi connectivity index (χ4n) is 2.93.